The lowest BCUT2D eigenvalue weighted by atomic mass is 9.82. The lowest BCUT2D eigenvalue weighted by Crippen LogP contribution is -2.17. The average molecular weight is 405 g/mol. The van der Waals surface area contributed by atoms with Crippen LogP contribution in [0.5, 0.6) is 0 Å². The minimum atomic E-state index is -4.08. The van der Waals surface area contributed by atoms with Crippen LogP contribution in [0.3, 0.4) is 0 Å². The van der Waals surface area contributed by atoms with E-state index in [0.717, 1.165) is 28.7 Å². The lowest BCUT2D eigenvalue weighted by molar-refractivity contribution is -0.132. The van der Waals surface area contributed by atoms with Gasteiger partial charge >= 0.3 is 16.4 Å². The summed E-state index contributed by atoms with van der Waals surface area (Å²) >= 11 is 0. The molecule has 0 bridgehead atoms. The fraction of sp³-hybridized carbons (Fsp3) is 0.500. The number of carboxylic acids is 1. The summed E-state index contributed by atoms with van der Waals surface area (Å²) < 4.78 is 33.2. The van der Waals surface area contributed by atoms with Gasteiger partial charge in [-0.15, -0.1) is 0 Å². The number of benzene rings is 1. The van der Waals surface area contributed by atoms with Crippen LogP contribution in [0.2, 0.25) is 0 Å². The molecule has 1 rings (SSSR count). The SMILES string of the molecule is COS(=O)(=O)OS(C)(C)c1cc(C)c(C=C(C)C(=O)O)c(C(C)(C)C)c1. The van der Waals surface area contributed by atoms with E-state index in [4.69, 9.17) is 3.63 Å². The molecule has 26 heavy (non-hydrogen) atoms. The van der Waals surface area contributed by atoms with Gasteiger partial charge in [-0.1, -0.05) is 31.1 Å². The minimum Gasteiger partial charge on any atom is -0.478 e. The fourth-order valence-electron chi connectivity index (χ4n) is 2.41. The lowest BCUT2D eigenvalue weighted by Gasteiger charge is -2.32. The molecule has 0 heterocycles. The molecule has 0 aliphatic carbocycles. The molecule has 0 saturated carbocycles. The Morgan fingerprint density at radius 1 is 1.19 bits per heavy atom. The Kier molecular flexibility index (Phi) is 6.74. The van der Waals surface area contributed by atoms with Gasteiger partial charge in [0.25, 0.3) is 0 Å². The van der Waals surface area contributed by atoms with Gasteiger partial charge in [-0.05, 0) is 66.7 Å². The van der Waals surface area contributed by atoms with E-state index in [2.05, 4.69) is 4.18 Å². The van der Waals surface area contributed by atoms with Crippen LogP contribution in [0.1, 0.15) is 44.4 Å². The Hall–Kier alpha value is -1.35. The van der Waals surface area contributed by atoms with E-state index >= 15 is 0 Å². The molecule has 0 aliphatic rings. The van der Waals surface area contributed by atoms with E-state index < -0.39 is 26.7 Å². The molecule has 0 saturated heterocycles. The summed E-state index contributed by atoms with van der Waals surface area (Å²) in [5.74, 6) is -0.978. The quantitative estimate of drug-likeness (QED) is 0.720. The largest absolute Gasteiger partial charge is 0.478 e. The number of rotatable bonds is 6. The molecule has 0 aliphatic heterocycles. The summed E-state index contributed by atoms with van der Waals surface area (Å²) in [6.07, 6.45) is 5.10. The van der Waals surface area contributed by atoms with Crippen LogP contribution in [0.4, 0.5) is 0 Å². The third-order valence-corrected chi connectivity index (χ3v) is 7.70. The Balaban J connectivity index is 3.65. The smallest absolute Gasteiger partial charge is 0.409 e. The highest BCUT2D eigenvalue weighted by molar-refractivity contribution is 8.31. The van der Waals surface area contributed by atoms with E-state index in [-0.39, 0.29) is 11.0 Å². The number of carbonyl (C=O) groups is 1. The molecule has 148 valence electrons. The minimum absolute atomic E-state index is 0.233. The van der Waals surface area contributed by atoms with Crippen molar-refractivity contribution < 1.29 is 26.1 Å². The Bertz CT molecular complexity index is 830. The summed E-state index contributed by atoms with van der Waals surface area (Å²) in [5, 5.41) is 9.20. The maximum Gasteiger partial charge on any atom is 0.409 e. The fourth-order valence-corrected chi connectivity index (χ4v) is 5.48. The van der Waals surface area contributed by atoms with Crippen molar-refractivity contribution in [2.45, 2.75) is 44.9 Å². The molecule has 1 aromatic rings. The third-order valence-electron chi connectivity index (χ3n) is 3.89. The van der Waals surface area contributed by atoms with Crippen LogP contribution in [-0.2, 0) is 28.4 Å². The second-order valence-corrected chi connectivity index (χ2v) is 12.1. The molecule has 0 fully saturated rings. The van der Waals surface area contributed by atoms with Crippen LogP contribution in [0.25, 0.3) is 6.08 Å². The highest BCUT2D eigenvalue weighted by atomic mass is 32.3. The Morgan fingerprint density at radius 2 is 1.73 bits per heavy atom. The van der Waals surface area contributed by atoms with Crippen LogP contribution in [0, 0.1) is 6.92 Å². The van der Waals surface area contributed by atoms with Crippen molar-refractivity contribution in [3.8, 4) is 0 Å². The van der Waals surface area contributed by atoms with E-state index in [1.54, 1.807) is 25.5 Å². The molecule has 0 atom stereocenters. The number of hydrogen-bond acceptors (Lipinski definition) is 5. The van der Waals surface area contributed by atoms with Crippen LogP contribution < -0.4 is 0 Å². The van der Waals surface area contributed by atoms with Gasteiger partial charge in [0.1, 0.15) is 0 Å². The van der Waals surface area contributed by atoms with Crippen LogP contribution in [0.15, 0.2) is 22.6 Å². The standard InChI is InChI=1S/C18H28O6S2/c1-12-9-14(25(7,8)24-26(21,22)23-6)11-16(18(3,4)5)15(12)10-13(2)17(19)20/h9-11H,1-8H3,(H,19,20). The van der Waals surface area contributed by atoms with Crippen molar-refractivity contribution in [2.24, 2.45) is 0 Å². The summed E-state index contributed by atoms with van der Waals surface area (Å²) in [5.41, 5.74) is 2.56. The molecule has 0 spiro atoms. The zero-order chi connectivity index (χ0) is 20.5. The van der Waals surface area contributed by atoms with Crippen molar-refractivity contribution in [3.05, 3.63) is 34.4 Å². The van der Waals surface area contributed by atoms with Gasteiger partial charge in [0, 0.05) is 10.5 Å². The van der Waals surface area contributed by atoms with E-state index in [9.17, 15) is 18.3 Å². The molecule has 0 aromatic heterocycles. The molecule has 8 heteroatoms. The molecule has 6 nitrogen and oxygen atoms in total. The van der Waals surface area contributed by atoms with Gasteiger partial charge in [-0.25, -0.2) is 4.79 Å². The van der Waals surface area contributed by atoms with Crippen molar-refractivity contribution in [1.29, 1.82) is 0 Å². The molecular weight excluding hydrogens is 376 g/mol. The topological polar surface area (TPSA) is 89.9 Å². The van der Waals surface area contributed by atoms with Gasteiger partial charge in [-0.3, -0.25) is 4.18 Å². The van der Waals surface area contributed by atoms with Gasteiger partial charge in [0.05, 0.1) is 7.11 Å². The Morgan fingerprint density at radius 3 is 2.15 bits per heavy atom. The highest BCUT2D eigenvalue weighted by Crippen LogP contribution is 2.53. The summed E-state index contributed by atoms with van der Waals surface area (Å²) in [6, 6.07) is 3.74. The van der Waals surface area contributed by atoms with E-state index in [0.29, 0.717) is 0 Å². The molecule has 0 amide bonds. The molecule has 1 N–H and O–H groups in total. The molecular formula is C18H28O6S2. The second-order valence-electron chi connectivity index (χ2n) is 7.46. The van der Waals surface area contributed by atoms with Gasteiger partial charge in [0.2, 0.25) is 0 Å². The maximum atomic E-state index is 11.7. The normalized spacial score (nSPS) is 14.4. The summed E-state index contributed by atoms with van der Waals surface area (Å²) in [7, 11) is -5.17. The first-order chi connectivity index (χ1) is 11.6. The summed E-state index contributed by atoms with van der Waals surface area (Å²) in [6.45, 7) is 9.49. The first-order valence-electron chi connectivity index (χ1n) is 7.92. The average Bonchev–Trinajstić information content (AvgIpc) is 2.46. The van der Waals surface area contributed by atoms with Gasteiger partial charge < -0.3 is 5.11 Å². The van der Waals surface area contributed by atoms with E-state index in [1.165, 1.54) is 0 Å². The molecule has 0 unspecified atom stereocenters. The number of aryl methyl sites for hydroxylation is 1. The number of aliphatic carboxylic acids is 1. The van der Waals surface area contributed by atoms with Crippen LogP contribution in [-0.4, -0.2) is 39.1 Å². The number of carboxylic acid groups (broad SMARTS) is 1. The van der Waals surface area contributed by atoms with Crippen molar-refractivity contribution >= 4 is 32.8 Å². The predicted molar refractivity (Wildman–Crippen MR) is 106 cm³/mol. The monoisotopic (exact) mass is 404 g/mol. The Labute approximate surface area is 158 Å². The maximum absolute atomic E-state index is 11.7. The van der Waals surface area contributed by atoms with E-state index in [1.807, 2.05) is 39.8 Å². The zero-order valence-corrected chi connectivity index (χ0v) is 18.2. The van der Waals surface area contributed by atoms with Gasteiger partial charge in [-0.2, -0.15) is 12.0 Å². The second kappa shape index (κ2) is 7.72. The highest BCUT2D eigenvalue weighted by Gasteiger charge is 2.28. The third kappa shape index (κ3) is 5.57. The first-order valence-corrected chi connectivity index (χ1v) is 11.6. The van der Waals surface area contributed by atoms with Crippen LogP contribution >= 0.6 is 10.3 Å². The van der Waals surface area contributed by atoms with Crippen molar-refractivity contribution in [1.82, 2.24) is 0 Å². The first kappa shape index (κ1) is 22.7. The molecule has 0 radical (unpaired) electrons. The zero-order valence-electron chi connectivity index (χ0n) is 16.5. The number of hydrogen-bond donors (Lipinski definition) is 1. The van der Waals surface area contributed by atoms with Crippen molar-refractivity contribution in [2.75, 3.05) is 19.6 Å². The van der Waals surface area contributed by atoms with Gasteiger partial charge in [0.15, 0.2) is 0 Å². The predicted octanol–water partition coefficient (Wildman–Crippen LogP) is 4.03. The summed E-state index contributed by atoms with van der Waals surface area (Å²) in [4.78, 5) is 12.0. The molecule has 1 aromatic carbocycles. The van der Waals surface area contributed by atoms with Crippen molar-refractivity contribution in [3.63, 3.8) is 0 Å².